The standard InChI is InChI=1S/C9H17NO2S/c1-9(2)7-12-5-4-10(9)8(11)6-13-3/h4-7H2,1-3H3. The number of carbonyl (C=O) groups excluding carboxylic acids is 1. The first-order valence-electron chi connectivity index (χ1n) is 4.45. The molecule has 1 fully saturated rings. The molecule has 0 unspecified atom stereocenters. The minimum absolute atomic E-state index is 0.134. The molecule has 0 aromatic carbocycles. The second-order valence-corrected chi connectivity index (χ2v) is 4.71. The number of nitrogens with zero attached hydrogens (tertiary/aromatic N) is 1. The van der Waals surface area contributed by atoms with E-state index in [1.54, 1.807) is 11.8 Å². The quantitative estimate of drug-likeness (QED) is 0.670. The van der Waals surface area contributed by atoms with Gasteiger partial charge in [-0.3, -0.25) is 4.79 Å². The maximum Gasteiger partial charge on any atom is 0.233 e. The zero-order valence-electron chi connectivity index (χ0n) is 8.50. The van der Waals surface area contributed by atoms with Gasteiger partial charge in [-0.05, 0) is 20.1 Å². The highest BCUT2D eigenvalue weighted by Crippen LogP contribution is 2.19. The van der Waals surface area contributed by atoms with E-state index in [9.17, 15) is 4.79 Å². The van der Waals surface area contributed by atoms with Crippen molar-refractivity contribution in [3.63, 3.8) is 0 Å². The molecule has 0 radical (unpaired) electrons. The van der Waals surface area contributed by atoms with E-state index in [0.717, 1.165) is 6.54 Å². The van der Waals surface area contributed by atoms with Gasteiger partial charge in [0.25, 0.3) is 0 Å². The minimum atomic E-state index is -0.134. The van der Waals surface area contributed by atoms with Crippen molar-refractivity contribution in [3.8, 4) is 0 Å². The topological polar surface area (TPSA) is 29.5 Å². The van der Waals surface area contributed by atoms with Crippen LogP contribution in [-0.2, 0) is 9.53 Å². The Hall–Kier alpha value is -0.220. The lowest BCUT2D eigenvalue weighted by molar-refractivity contribution is -0.143. The molecule has 3 nitrogen and oxygen atoms in total. The summed E-state index contributed by atoms with van der Waals surface area (Å²) in [6.07, 6.45) is 1.95. The van der Waals surface area contributed by atoms with Crippen molar-refractivity contribution in [2.45, 2.75) is 19.4 Å². The molecule has 0 atom stereocenters. The van der Waals surface area contributed by atoms with Gasteiger partial charge >= 0.3 is 0 Å². The molecule has 0 bridgehead atoms. The maximum absolute atomic E-state index is 11.7. The van der Waals surface area contributed by atoms with Gasteiger partial charge in [-0.25, -0.2) is 0 Å². The van der Waals surface area contributed by atoms with Crippen LogP contribution in [0, 0.1) is 0 Å². The Labute approximate surface area is 83.8 Å². The van der Waals surface area contributed by atoms with Crippen LogP contribution in [0.5, 0.6) is 0 Å². The van der Waals surface area contributed by atoms with Crippen molar-refractivity contribution in [1.29, 1.82) is 0 Å². The van der Waals surface area contributed by atoms with E-state index in [2.05, 4.69) is 0 Å². The number of hydrogen-bond donors (Lipinski definition) is 0. The van der Waals surface area contributed by atoms with Crippen molar-refractivity contribution in [1.82, 2.24) is 4.90 Å². The second-order valence-electron chi connectivity index (χ2n) is 3.84. The van der Waals surface area contributed by atoms with Crippen molar-refractivity contribution >= 4 is 17.7 Å². The molecule has 0 spiro atoms. The van der Waals surface area contributed by atoms with Crippen LogP contribution < -0.4 is 0 Å². The normalized spacial score (nSPS) is 21.6. The third-order valence-corrected chi connectivity index (χ3v) is 2.75. The fourth-order valence-electron chi connectivity index (χ4n) is 1.52. The van der Waals surface area contributed by atoms with E-state index < -0.39 is 0 Å². The molecule has 1 aliphatic rings. The smallest absolute Gasteiger partial charge is 0.233 e. The van der Waals surface area contributed by atoms with Gasteiger partial charge in [0.1, 0.15) is 0 Å². The van der Waals surface area contributed by atoms with Gasteiger partial charge in [0.2, 0.25) is 5.91 Å². The number of ether oxygens (including phenoxy) is 1. The molecule has 1 saturated heterocycles. The van der Waals surface area contributed by atoms with Gasteiger partial charge in [0, 0.05) is 6.54 Å². The number of morpholine rings is 1. The summed E-state index contributed by atoms with van der Waals surface area (Å²) in [6, 6.07) is 0. The molecule has 0 aromatic heterocycles. The molecule has 1 aliphatic heterocycles. The largest absolute Gasteiger partial charge is 0.377 e. The Morgan fingerprint density at radius 3 is 2.85 bits per heavy atom. The highest BCUT2D eigenvalue weighted by atomic mass is 32.2. The molecular weight excluding hydrogens is 186 g/mol. The summed E-state index contributed by atoms with van der Waals surface area (Å²) in [5, 5.41) is 0. The molecule has 1 amide bonds. The number of thioether (sulfide) groups is 1. The van der Waals surface area contributed by atoms with Crippen molar-refractivity contribution in [3.05, 3.63) is 0 Å². The lowest BCUT2D eigenvalue weighted by Gasteiger charge is -2.42. The van der Waals surface area contributed by atoms with Crippen LogP contribution in [0.15, 0.2) is 0 Å². The first kappa shape index (κ1) is 10.9. The number of rotatable bonds is 2. The lowest BCUT2D eigenvalue weighted by Crippen LogP contribution is -2.56. The molecule has 0 aliphatic carbocycles. The number of carbonyl (C=O) groups is 1. The predicted octanol–water partition coefficient (Wildman–Crippen LogP) is 0.987. The summed E-state index contributed by atoms with van der Waals surface area (Å²) in [6.45, 7) is 6.14. The van der Waals surface area contributed by atoms with Gasteiger partial charge in [-0.1, -0.05) is 0 Å². The third-order valence-electron chi connectivity index (χ3n) is 2.21. The fourth-order valence-corrected chi connectivity index (χ4v) is 1.92. The zero-order chi connectivity index (χ0) is 9.90. The molecule has 13 heavy (non-hydrogen) atoms. The van der Waals surface area contributed by atoms with Gasteiger partial charge < -0.3 is 9.64 Å². The van der Waals surface area contributed by atoms with Crippen LogP contribution in [0.3, 0.4) is 0 Å². The Morgan fingerprint density at radius 2 is 2.31 bits per heavy atom. The predicted molar refractivity (Wildman–Crippen MR) is 55.0 cm³/mol. The molecule has 1 rings (SSSR count). The monoisotopic (exact) mass is 203 g/mol. The van der Waals surface area contributed by atoms with Crippen molar-refractivity contribution < 1.29 is 9.53 Å². The van der Waals surface area contributed by atoms with E-state index in [1.807, 2.05) is 25.0 Å². The highest BCUT2D eigenvalue weighted by molar-refractivity contribution is 7.99. The Kier molecular flexibility index (Phi) is 3.62. The van der Waals surface area contributed by atoms with Gasteiger partial charge in [-0.2, -0.15) is 11.8 Å². The van der Waals surface area contributed by atoms with E-state index >= 15 is 0 Å². The molecule has 0 saturated carbocycles. The van der Waals surface area contributed by atoms with Crippen LogP contribution in [0.25, 0.3) is 0 Å². The summed E-state index contributed by atoms with van der Waals surface area (Å²) in [5.74, 6) is 0.796. The average Bonchev–Trinajstić information content (AvgIpc) is 2.03. The SMILES string of the molecule is CSCC(=O)N1CCOCC1(C)C. The Bertz CT molecular complexity index is 194. The van der Waals surface area contributed by atoms with Gasteiger partial charge in [-0.15, -0.1) is 0 Å². The summed E-state index contributed by atoms with van der Waals surface area (Å²) < 4.78 is 5.34. The summed E-state index contributed by atoms with van der Waals surface area (Å²) in [4.78, 5) is 13.6. The average molecular weight is 203 g/mol. The molecular formula is C9H17NO2S. The first-order valence-corrected chi connectivity index (χ1v) is 5.84. The van der Waals surface area contributed by atoms with Gasteiger partial charge in [0.05, 0.1) is 24.5 Å². The van der Waals surface area contributed by atoms with E-state index in [0.29, 0.717) is 19.0 Å². The minimum Gasteiger partial charge on any atom is -0.377 e. The van der Waals surface area contributed by atoms with Crippen LogP contribution in [0.2, 0.25) is 0 Å². The lowest BCUT2D eigenvalue weighted by atomic mass is 10.0. The van der Waals surface area contributed by atoms with Gasteiger partial charge in [0.15, 0.2) is 0 Å². The molecule has 0 aromatic rings. The van der Waals surface area contributed by atoms with Crippen LogP contribution >= 0.6 is 11.8 Å². The first-order chi connectivity index (χ1) is 6.08. The molecule has 1 heterocycles. The van der Waals surface area contributed by atoms with E-state index in [-0.39, 0.29) is 11.4 Å². The molecule has 0 N–H and O–H groups in total. The van der Waals surface area contributed by atoms with Crippen LogP contribution in [0.1, 0.15) is 13.8 Å². The second kappa shape index (κ2) is 4.33. The number of hydrogen-bond acceptors (Lipinski definition) is 3. The Balaban J connectivity index is 2.59. The Morgan fingerprint density at radius 1 is 1.62 bits per heavy atom. The molecule has 76 valence electrons. The fraction of sp³-hybridized carbons (Fsp3) is 0.889. The van der Waals surface area contributed by atoms with Crippen molar-refractivity contribution in [2.24, 2.45) is 0 Å². The number of amides is 1. The van der Waals surface area contributed by atoms with Crippen LogP contribution in [0.4, 0.5) is 0 Å². The van der Waals surface area contributed by atoms with Crippen LogP contribution in [-0.4, -0.2) is 48.1 Å². The zero-order valence-corrected chi connectivity index (χ0v) is 9.32. The van der Waals surface area contributed by atoms with E-state index in [1.165, 1.54) is 0 Å². The highest BCUT2D eigenvalue weighted by Gasteiger charge is 2.33. The maximum atomic E-state index is 11.7. The summed E-state index contributed by atoms with van der Waals surface area (Å²) >= 11 is 1.57. The third kappa shape index (κ3) is 2.61. The molecule has 4 heteroatoms. The summed E-state index contributed by atoms with van der Waals surface area (Å²) in [7, 11) is 0. The van der Waals surface area contributed by atoms with E-state index in [4.69, 9.17) is 4.74 Å². The van der Waals surface area contributed by atoms with Crippen molar-refractivity contribution in [2.75, 3.05) is 31.8 Å². The summed E-state index contributed by atoms with van der Waals surface area (Å²) in [5.41, 5.74) is -0.134.